The molecule has 5 aliphatic rings. The standard InChI is InChI=1S/C33H34F2N8OS/c34-17-12-33(10-3-11-42(33)14-17)16-44-32-40-29-26-22(5-2-6-23-21-9-8-18(38-21)15-43(23)31(26)41-32)39-28(27(29)35)19-4-1-7-24-25(19)20(13-36)30(37)45-24/h1,4,7,17-18,21,23,38H,2-3,5-6,8-12,14-16,37H2/t17-,18-,21+,23-,33+/m1/s1. The van der Waals surface area contributed by atoms with Crippen LogP contribution in [0.2, 0.25) is 0 Å². The van der Waals surface area contributed by atoms with E-state index in [0.717, 1.165) is 62.0 Å². The number of nitrogens with one attached hydrogen (secondary N) is 1. The van der Waals surface area contributed by atoms with E-state index in [4.69, 9.17) is 25.4 Å². The van der Waals surface area contributed by atoms with Gasteiger partial charge in [0.1, 0.15) is 40.9 Å². The fourth-order valence-corrected chi connectivity index (χ4v) is 9.87. The topological polar surface area (TPSA) is 116 Å². The zero-order chi connectivity index (χ0) is 30.4. The van der Waals surface area contributed by atoms with Crippen molar-refractivity contribution in [2.75, 3.05) is 36.9 Å². The van der Waals surface area contributed by atoms with Crippen LogP contribution < -0.4 is 20.7 Å². The maximum atomic E-state index is 17.0. The minimum absolute atomic E-state index is 0.115. The van der Waals surface area contributed by atoms with Gasteiger partial charge in [-0.3, -0.25) is 4.90 Å². The average Bonchev–Trinajstić information content (AvgIpc) is 3.77. The number of thiophene rings is 1. The number of fused-ring (bicyclic) bond motifs is 7. The van der Waals surface area contributed by atoms with Crippen molar-refractivity contribution >= 4 is 43.1 Å². The smallest absolute Gasteiger partial charge is 0.319 e. The van der Waals surface area contributed by atoms with Gasteiger partial charge in [0.2, 0.25) is 0 Å². The van der Waals surface area contributed by atoms with Crippen molar-refractivity contribution in [1.82, 2.24) is 25.2 Å². The summed E-state index contributed by atoms with van der Waals surface area (Å²) >= 11 is 1.31. The van der Waals surface area contributed by atoms with Crippen molar-refractivity contribution in [3.63, 3.8) is 0 Å². The minimum atomic E-state index is -0.877. The third kappa shape index (κ3) is 4.16. The minimum Gasteiger partial charge on any atom is -0.461 e. The number of nitriles is 1. The Morgan fingerprint density at radius 3 is 2.96 bits per heavy atom. The number of hydrogen-bond donors (Lipinski definition) is 2. The van der Waals surface area contributed by atoms with Crippen LogP contribution in [0.4, 0.5) is 19.6 Å². The fraction of sp³-hybridized carbons (Fsp3) is 0.515. The van der Waals surface area contributed by atoms with E-state index in [0.29, 0.717) is 64.2 Å². The van der Waals surface area contributed by atoms with Crippen LogP contribution in [-0.2, 0) is 6.42 Å². The van der Waals surface area contributed by atoms with E-state index in [9.17, 15) is 9.65 Å². The number of pyridine rings is 1. The Labute approximate surface area is 263 Å². The maximum absolute atomic E-state index is 17.0. The number of halogens is 2. The van der Waals surface area contributed by atoms with Gasteiger partial charge in [0.25, 0.3) is 0 Å². The van der Waals surface area contributed by atoms with E-state index in [-0.39, 0.29) is 35.4 Å². The van der Waals surface area contributed by atoms with Gasteiger partial charge in [-0.1, -0.05) is 12.1 Å². The number of nitrogens with zero attached hydrogens (tertiary/aromatic N) is 6. The molecule has 5 atom stereocenters. The number of nitrogens with two attached hydrogens (primary N) is 1. The van der Waals surface area contributed by atoms with Crippen molar-refractivity contribution in [3.05, 3.63) is 35.3 Å². The summed E-state index contributed by atoms with van der Waals surface area (Å²) in [6.45, 7) is 2.32. The molecule has 0 spiro atoms. The number of rotatable bonds is 4. The molecule has 232 valence electrons. The Morgan fingerprint density at radius 1 is 1.16 bits per heavy atom. The molecule has 9 nitrogen and oxygen atoms in total. The van der Waals surface area contributed by atoms with Gasteiger partial charge in [-0.05, 0) is 57.6 Å². The molecule has 2 bridgehead atoms. The fourth-order valence-electron chi connectivity index (χ4n) is 8.93. The number of aryl methyl sites for hydroxylation is 1. The number of aromatic nitrogens is 3. The molecule has 4 aromatic rings. The first-order valence-corrected chi connectivity index (χ1v) is 16.9. The lowest BCUT2D eigenvalue weighted by Crippen LogP contribution is -2.58. The van der Waals surface area contributed by atoms with Crippen LogP contribution in [0.25, 0.3) is 32.2 Å². The molecule has 3 aromatic heterocycles. The lowest BCUT2D eigenvalue weighted by atomic mass is 9.93. The van der Waals surface area contributed by atoms with Gasteiger partial charge in [0.15, 0.2) is 5.82 Å². The van der Waals surface area contributed by atoms with E-state index >= 15 is 4.39 Å². The summed E-state index contributed by atoms with van der Waals surface area (Å²) in [6.07, 6.45) is 6.15. The first kappa shape index (κ1) is 27.6. The second kappa shape index (κ2) is 10.2. The molecule has 9 rings (SSSR count). The quantitative estimate of drug-likeness (QED) is 0.319. The molecule has 1 aromatic carbocycles. The van der Waals surface area contributed by atoms with Crippen molar-refractivity contribution in [1.29, 1.82) is 5.26 Å². The highest BCUT2D eigenvalue weighted by atomic mass is 32.1. The summed E-state index contributed by atoms with van der Waals surface area (Å²) in [7, 11) is 0. The van der Waals surface area contributed by atoms with Crippen LogP contribution >= 0.6 is 11.3 Å². The van der Waals surface area contributed by atoms with Crippen LogP contribution in [0, 0.1) is 17.1 Å². The summed E-state index contributed by atoms with van der Waals surface area (Å²) in [5.74, 6) is 0.112. The largest absolute Gasteiger partial charge is 0.461 e. The Morgan fingerprint density at radius 2 is 2.07 bits per heavy atom. The van der Waals surface area contributed by atoms with E-state index in [1.807, 2.05) is 12.1 Å². The lowest BCUT2D eigenvalue weighted by Gasteiger charge is -2.43. The molecule has 0 radical (unpaired) electrons. The van der Waals surface area contributed by atoms with Gasteiger partial charge in [-0.15, -0.1) is 11.3 Å². The SMILES string of the molecule is N#Cc1c(N)sc2cccc(-c3nc4c5c(nc(OC[C@@]67CCCN6C[C@H](F)C7)nc5c3F)N3C[C@H]5CC[C@H](N5)[C@H]3CCC4)c12. The highest BCUT2D eigenvalue weighted by molar-refractivity contribution is 7.23. The van der Waals surface area contributed by atoms with Crippen LogP contribution in [-0.4, -0.2) is 75.9 Å². The first-order valence-electron chi connectivity index (χ1n) is 16.1. The van der Waals surface area contributed by atoms with Crippen LogP contribution in [0.3, 0.4) is 0 Å². The van der Waals surface area contributed by atoms with Gasteiger partial charge in [-0.2, -0.15) is 15.2 Å². The number of piperazine rings is 1. The lowest BCUT2D eigenvalue weighted by molar-refractivity contribution is 0.107. The van der Waals surface area contributed by atoms with Gasteiger partial charge < -0.3 is 20.7 Å². The summed E-state index contributed by atoms with van der Waals surface area (Å²) in [5, 5.41) is 15.4. The number of hydrogen-bond acceptors (Lipinski definition) is 10. The van der Waals surface area contributed by atoms with E-state index in [2.05, 4.69) is 21.2 Å². The maximum Gasteiger partial charge on any atom is 0.319 e. The number of nitrogen functional groups attached to an aromatic ring is 1. The molecular weight excluding hydrogens is 594 g/mol. The van der Waals surface area contributed by atoms with Crippen molar-refractivity contribution in [2.24, 2.45) is 0 Å². The second-order valence-electron chi connectivity index (χ2n) is 13.4. The van der Waals surface area contributed by atoms with Gasteiger partial charge >= 0.3 is 6.01 Å². The molecular formula is C33H34F2N8OS. The highest BCUT2D eigenvalue weighted by Gasteiger charge is 2.49. The van der Waals surface area contributed by atoms with Crippen LogP contribution in [0.15, 0.2) is 18.2 Å². The second-order valence-corrected chi connectivity index (χ2v) is 14.5. The van der Waals surface area contributed by atoms with E-state index < -0.39 is 12.0 Å². The van der Waals surface area contributed by atoms with Gasteiger partial charge in [0.05, 0.1) is 22.2 Å². The van der Waals surface area contributed by atoms with Crippen molar-refractivity contribution < 1.29 is 13.5 Å². The number of alkyl halides is 1. The number of benzene rings is 1. The predicted molar refractivity (Wildman–Crippen MR) is 170 cm³/mol. The molecule has 0 unspecified atom stereocenters. The zero-order valence-electron chi connectivity index (χ0n) is 24.9. The van der Waals surface area contributed by atoms with Crippen LogP contribution in [0.5, 0.6) is 6.01 Å². The Hall–Kier alpha value is -3.66. The molecule has 0 aliphatic carbocycles. The molecule has 0 saturated carbocycles. The third-order valence-corrected chi connectivity index (χ3v) is 11.9. The molecule has 0 amide bonds. The summed E-state index contributed by atoms with van der Waals surface area (Å²) in [5.41, 5.74) is 7.77. The van der Waals surface area contributed by atoms with E-state index in [1.54, 1.807) is 6.07 Å². The Balaban J connectivity index is 1.24. The average molecular weight is 629 g/mol. The summed E-state index contributed by atoms with van der Waals surface area (Å²) in [6, 6.07) is 8.80. The van der Waals surface area contributed by atoms with Crippen molar-refractivity contribution in [3.8, 4) is 23.3 Å². The molecule has 3 N–H and O–H groups in total. The number of anilines is 2. The monoisotopic (exact) mass is 628 g/mol. The Bertz CT molecular complexity index is 1910. The molecule has 12 heteroatoms. The number of ether oxygens (including phenoxy) is 1. The normalized spacial score (nSPS) is 29.0. The van der Waals surface area contributed by atoms with Gasteiger partial charge in [0, 0.05) is 53.3 Å². The molecule has 8 heterocycles. The predicted octanol–water partition coefficient (Wildman–Crippen LogP) is 5.10. The molecule has 45 heavy (non-hydrogen) atoms. The van der Waals surface area contributed by atoms with Crippen LogP contribution in [0.1, 0.15) is 56.2 Å². The summed E-state index contributed by atoms with van der Waals surface area (Å²) < 4.78 is 38.8. The van der Waals surface area contributed by atoms with Crippen molar-refractivity contribution in [2.45, 2.75) is 81.2 Å². The summed E-state index contributed by atoms with van der Waals surface area (Å²) in [4.78, 5) is 19.3. The molecule has 5 aliphatic heterocycles. The highest BCUT2D eigenvalue weighted by Crippen LogP contribution is 2.45. The molecule has 4 fully saturated rings. The first-order chi connectivity index (χ1) is 21.9. The Kier molecular flexibility index (Phi) is 6.25. The van der Waals surface area contributed by atoms with Gasteiger partial charge in [-0.25, -0.2) is 13.8 Å². The zero-order valence-corrected chi connectivity index (χ0v) is 25.7. The van der Waals surface area contributed by atoms with E-state index in [1.165, 1.54) is 11.3 Å². The third-order valence-electron chi connectivity index (χ3n) is 10.9. The molecule has 4 saturated heterocycles.